The molecular formula is C12H13NO2. The highest BCUT2D eigenvalue weighted by Gasteiger charge is 2.16. The minimum Gasteiger partial charge on any atom is -0.507 e. The second kappa shape index (κ2) is 3.42. The molecule has 0 radical (unpaired) electrons. The summed E-state index contributed by atoms with van der Waals surface area (Å²) in [5.41, 5.74) is 3.53. The summed E-state index contributed by atoms with van der Waals surface area (Å²) in [6.07, 6.45) is 0. The molecule has 0 atom stereocenters. The third-order valence-corrected chi connectivity index (χ3v) is 2.53. The standard InChI is InChI=1S/C12H13NO2/c1-7-5-4-6-10(14)11(7)12-8(2)13-15-9(12)3/h4-6,14H,1-3H3. The Balaban J connectivity index is 2.74. The minimum absolute atomic E-state index is 0.268. The smallest absolute Gasteiger partial charge is 0.141 e. The van der Waals surface area contributed by atoms with Gasteiger partial charge in [0.2, 0.25) is 0 Å². The van der Waals surface area contributed by atoms with Crippen LogP contribution >= 0.6 is 0 Å². The lowest BCUT2D eigenvalue weighted by Gasteiger charge is -2.07. The average Bonchev–Trinajstić information content (AvgIpc) is 2.49. The normalized spacial score (nSPS) is 10.6. The van der Waals surface area contributed by atoms with Gasteiger partial charge in [-0.3, -0.25) is 0 Å². The van der Waals surface area contributed by atoms with Crippen molar-refractivity contribution in [2.75, 3.05) is 0 Å². The highest BCUT2D eigenvalue weighted by atomic mass is 16.5. The molecule has 2 rings (SSSR count). The molecule has 1 N–H and O–H groups in total. The van der Waals surface area contributed by atoms with Gasteiger partial charge in [0, 0.05) is 5.56 Å². The molecule has 0 amide bonds. The summed E-state index contributed by atoms with van der Waals surface area (Å²) in [7, 11) is 0. The number of rotatable bonds is 1. The highest BCUT2D eigenvalue weighted by Crippen LogP contribution is 2.36. The highest BCUT2D eigenvalue weighted by molar-refractivity contribution is 5.76. The van der Waals surface area contributed by atoms with Gasteiger partial charge in [0.05, 0.1) is 11.3 Å². The van der Waals surface area contributed by atoms with E-state index in [9.17, 15) is 5.11 Å². The maximum Gasteiger partial charge on any atom is 0.141 e. The van der Waals surface area contributed by atoms with Gasteiger partial charge in [-0.25, -0.2) is 0 Å². The number of benzene rings is 1. The number of phenolic OH excluding ortho intramolecular Hbond substituents is 1. The Bertz CT molecular complexity index is 461. The van der Waals surface area contributed by atoms with Crippen molar-refractivity contribution in [3.8, 4) is 16.9 Å². The number of aromatic nitrogens is 1. The third-order valence-electron chi connectivity index (χ3n) is 2.53. The molecule has 0 aliphatic heterocycles. The van der Waals surface area contributed by atoms with Crippen LogP contribution in [0, 0.1) is 20.8 Å². The zero-order valence-corrected chi connectivity index (χ0v) is 9.03. The fourth-order valence-electron chi connectivity index (χ4n) is 1.82. The van der Waals surface area contributed by atoms with Crippen LogP contribution in [0.3, 0.4) is 0 Å². The lowest BCUT2D eigenvalue weighted by atomic mass is 9.98. The van der Waals surface area contributed by atoms with Gasteiger partial charge in [-0.2, -0.15) is 0 Å². The Morgan fingerprint density at radius 3 is 2.40 bits per heavy atom. The molecule has 1 aromatic heterocycles. The van der Waals surface area contributed by atoms with Crippen LogP contribution in [0.2, 0.25) is 0 Å². The average molecular weight is 203 g/mol. The van der Waals surface area contributed by atoms with Crippen LogP contribution in [-0.4, -0.2) is 10.3 Å². The molecule has 0 spiro atoms. The van der Waals surface area contributed by atoms with E-state index in [0.29, 0.717) is 0 Å². The summed E-state index contributed by atoms with van der Waals surface area (Å²) in [5.74, 6) is 1.00. The lowest BCUT2D eigenvalue weighted by molar-refractivity contribution is 0.393. The SMILES string of the molecule is Cc1cccc(O)c1-c1c(C)noc1C. The second-order valence-corrected chi connectivity index (χ2v) is 3.67. The quantitative estimate of drug-likeness (QED) is 0.775. The zero-order valence-electron chi connectivity index (χ0n) is 9.03. The van der Waals surface area contributed by atoms with Gasteiger partial charge in [-0.1, -0.05) is 17.3 Å². The number of aryl methyl sites for hydroxylation is 3. The Kier molecular flexibility index (Phi) is 2.23. The first-order chi connectivity index (χ1) is 7.11. The molecule has 3 heteroatoms. The van der Waals surface area contributed by atoms with Crippen molar-refractivity contribution >= 4 is 0 Å². The maximum atomic E-state index is 9.84. The third kappa shape index (κ3) is 1.50. The van der Waals surface area contributed by atoms with Crippen molar-refractivity contribution in [3.05, 3.63) is 35.2 Å². The predicted octanol–water partition coefficient (Wildman–Crippen LogP) is 2.97. The van der Waals surface area contributed by atoms with Crippen molar-refractivity contribution in [1.29, 1.82) is 0 Å². The number of hydrogen-bond donors (Lipinski definition) is 1. The van der Waals surface area contributed by atoms with Gasteiger partial charge in [0.1, 0.15) is 11.5 Å². The van der Waals surface area contributed by atoms with Crippen molar-refractivity contribution in [1.82, 2.24) is 5.16 Å². The molecule has 1 aromatic carbocycles. The molecule has 0 unspecified atom stereocenters. The Labute approximate surface area is 88.3 Å². The van der Waals surface area contributed by atoms with Gasteiger partial charge in [-0.05, 0) is 32.4 Å². The summed E-state index contributed by atoms with van der Waals surface area (Å²) in [6, 6.07) is 5.46. The Hall–Kier alpha value is -1.77. The topological polar surface area (TPSA) is 46.3 Å². The van der Waals surface area contributed by atoms with Crippen molar-refractivity contribution in [2.45, 2.75) is 20.8 Å². The fraction of sp³-hybridized carbons (Fsp3) is 0.250. The van der Waals surface area contributed by atoms with Crippen molar-refractivity contribution in [2.24, 2.45) is 0 Å². The van der Waals surface area contributed by atoms with E-state index in [-0.39, 0.29) is 5.75 Å². The molecule has 0 aliphatic carbocycles. The number of aromatic hydroxyl groups is 1. The van der Waals surface area contributed by atoms with Gasteiger partial charge in [-0.15, -0.1) is 0 Å². The van der Waals surface area contributed by atoms with E-state index >= 15 is 0 Å². The van der Waals surface area contributed by atoms with Crippen LogP contribution in [0.4, 0.5) is 0 Å². The van der Waals surface area contributed by atoms with Crippen molar-refractivity contribution < 1.29 is 9.63 Å². The van der Waals surface area contributed by atoms with Gasteiger partial charge in [0.25, 0.3) is 0 Å². The van der Waals surface area contributed by atoms with E-state index in [2.05, 4.69) is 5.16 Å². The summed E-state index contributed by atoms with van der Waals surface area (Å²) < 4.78 is 5.10. The van der Waals surface area contributed by atoms with Crippen LogP contribution in [0.1, 0.15) is 17.0 Å². The molecule has 0 bridgehead atoms. The lowest BCUT2D eigenvalue weighted by Crippen LogP contribution is -1.86. The largest absolute Gasteiger partial charge is 0.507 e. The molecule has 78 valence electrons. The first kappa shape index (κ1) is 9.77. The molecule has 3 nitrogen and oxygen atoms in total. The fourth-order valence-corrected chi connectivity index (χ4v) is 1.82. The number of phenols is 1. The first-order valence-electron chi connectivity index (χ1n) is 4.83. The zero-order chi connectivity index (χ0) is 11.0. The number of nitrogens with zero attached hydrogens (tertiary/aromatic N) is 1. The van der Waals surface area contributed by atoms with Crippen LogP contribution in [0.15, 0.2) is 22.7 Å². The van der Waals surface area contributed by atoms with E-state index in [1.165, 1.54) is 0 Å². The summed E-state index contributed by atoms with van der Waals surface area (Å²) in [5, 5.41) is 13.7. The summed E-state index contributed by atoms with van der Waals surface area (Å²) in [6.45, 7) is 5.68. The van der Waals surface area contributed by atoms with E-state index < -0.39 is 0 Å². The monoisotopic (exact) mass is 203 g/mol. The van der Waals surface area contributed by atoms with E-state index in [1.54, 1.807) is 6.07 Å². The van der Waals surface area contributed by atoms with E-state index in [0.717, 1.165) is 28.1 Å². The summed E-state index contributed by atoms with van der Waals surface area (Å²) >= 11 is 0. The number of hydrogen-bond acceptors (Lipinski definition) is 3. The van der Waals surface area contributed by atoms with Crippen LogP contribution in [0.25, 0.3) is 11.1 Å². The molecule has 0 fully saturated rings. The Morgan fingerprint density at radius 1 is 1.13 bits per heavy atom. The Morgan fingerprint density at radius 2 is 1.87 bits per heavy atom. The first-order valence-corrected chi connectivity index (χ1v) is 4.83. The van der Waals surface area contributed by atoms with Crippen LogP contribution < -0.4 is 0 Å². The van der Waals surface area contributed by atoms with Crippen LogP contribution in [0.5, 0.6) is 5.75 Å². The summed E-state index contributed by atoms with van der Waals surface area (Å²) in [4.78, 5) is 0. The molecule has 0 saturated carbocycles. The molecule has 1 heterocycles. The van der Waals surface area contributed by atoms with Crippen molar-refractivity contribution in [3.63, 3.8) is 0 Å². The molecular weight excluding hydrogens is 190 g/mol. The molecule has 15 heavy (non-hydrogen) atoms. The maximum absolute atomic E-state index is 9.84. The minimum atomic E-state index is 0.268. The molecule has 2 aromatic rings. The molecule has 0 saturated heterocycles. The van der Waals surface area contributed by atoms with Gasteiger partial charge in [0.15, 0.2) is 0 Å². The van der Waals surface area contributed by atoms with Crippen LogP contribution in [-0.2, 0) is 0 Å². The predicted molar refractivity (Wildman–Crippen MR) is 57.8 cm³/mol. The van der Waals surface area contributed by atoms with Gasteiger partial charge < -0.3 is 9.63 Å². The molecule has 0 aliphatic rings. The van der Waals surface area contributed by atoms with Gasteiger partial charge >= 0.3 is 0 Å². The second-order valence-electron chi connectivity index (χ2n) is 3.67. The van der Waals surface area contributed by atoms with E-state index in [4.69, 9.17) is 4.52 Å². The van der Waals surface area contributed by atoms with E-state index in [1.807, 2.05) is 32.9 Å².